The van der Waals surface area contributed by atoms with Gasteiger partial charge in [-0.05, 0) is 0 Å². The van der Waals surface area contributed by atoms with E-state index in [0.717, 1.165) is 18.6 Å². The van der Waals surface area contributed by atoms with Gasteiger partial charge in [0.2, 0.25) is 5.82 Å². The smallest absolute Gasteiger partial charge is 0.265 e. The third-order valence-corrected chi connectivity index (χ3v) is 1.94. The highest BCUT2D eigenvalue weighted by atomic mass is 32.2. The van der Waals surface area contributed by atoms with Crippen molar-refractivity contribution < 1.29 is 25.8 Å². The zero-order valence-electron chi connectivity index (χ0n) is 8.02. The molecular formula is C7H7F3N2O3S. The Morgan fingerprint density at radius 2 is 1.81 bits per heavy atom. The minimum absolute atomic E-state index is 0.137. The van der Waals surface area contributed by atoms with E-state index in [9.17, 15) is 21.6 Å². The predicted octanol–water partition coefficient (Wildman–Crippen LogP) is 0.972. The summed E-state index contributed by atoms with van der Waals surface area (Å²) in [5.41, 5.74) is 0.137. The van der Waals surface area contributed by atoms with Gasteiger partial charge < -0.3 is 0 Å². The maximum absolute atomic E-state index is 12.0. The fourth-order valence-electron chi connectivity index (χ4n) is 0.751. The van der Waals surface area contributed by atoms with Crippen LogP contribution >= 0.6 is 0 Å². The molecule has 1 heterocycles. The Morgan fingerprint density at radius 1 is 1.31 bits per heavy atom. The van der Waals surface area contributed by atoms with Crippen LogP contribution in [0.5, 0.6) is 0 Å². The molecule has 1 rings (SSSR count). The van der Waals surface area contributed by atoms with E-state index in [1.165, 1.54) is 0 Å². The molecule has 1 aromatic heterocycles. The molecule has 0 saturated heterocycles. The maximum atomic E-state index is 12.0. The summed E-state index contributed by atoms with van der Waals surface area (Å²) in [6.45, 7) is -0.392. The van der Waals surface area contributed by atoms with E-state index in [4.69, 9.17) is 0 Å². The Labute approximate surface area is 89.4 Å². The van der Waals surface area contributed by atoms with Crippen molar-refractivity contribution in [1.29, 1.82) is 0 Å². The predicted molar refractivity (Wildman–Crippen MR) is 46.7 cm³/mol. The molecule has 1 aromatic rings. The number of hydrogen-bond acceptors (Lipinski definition) is 5. The Hall–Kier alpha value is -1.22. The number of rotatable bonds is 3. The van der Waals surface area contributed by atoms with Crippen molar-refractivity contribution in [2.24, 2.45) is 0 Å². The third-order valence-electron chi connectivity index (χ3n) is 1.40. The highest BCUT2D eigenvalue weighted by molar-refractivity contribution is 7.85. The van der Waals surface area contributed by atoms with Crippen LogP contribution in [0.15, 0.2) is 12.4 Å². The van der Waals surface area contributed by atoms with Gasteiger partial charge in [0.1, 0.15) is 0 Å². The number of aromatic nitrogens is 2. The van der Waals surface area contributed by atoms with E-state index in [-0.39, 0.29) is 5.56 Å². The van der Waals surface area contributed by atoms with E-state index in [0.29, 0.717) is 0 Å². The molecule has 0 fully saturated rings. The fraction of sp³-hybridized carbons (Fsp3) is 0.429. The number of hydrogen-bond donors (Lipinski definition) is 0. The molecule has 0 saturated carbocycles. The van der Waals surface area contributed by atoms with Crippen LogP contribution in [-0.2, 0) is 27.1 Å². The van der Waals surface area contributed by atoms with E-state index in [1.54, 1.807) is 0 Å². The van der Waals surface area contributed by atoms with Crippen molar-refractivity contribution >= 4 is 10.1 Å². The van der Waals surface area contributed by atoms with Crippen LogP contribution in [0.25, 0.3) is 0 Å². The van der Waals surface area contributed by atoms with E-state index < -0.39 is 28.7 Å². The van der Waals surface area contributed by atoms with Gasteiger partial charge >= 0.3 is 6.18 Å². The van der Waals surface area contributed by atoms with E-state index in [1.807, 2.05) is 0 Å². The molecule has 90 valence electrons. The van der Waals surface area contributed by atoms with Gasteiger partial charge in [-0.25, -0.2) is 9.97 Å². The van der Waals surface area contributed by atoms with Gasteiger partial charge in [0, 0.05) is 18.0 Å². The molecule has 0 unspecified atom stereocenters. The van der Waals surface area contributed by atoms with Crippen molar-refractivity contribution in [1.82, 2.24) is 9.97 Å². The quantitative estimate of drug-likeness (QED) is 0.754. The van der Waals surface area contributed by atoms with Gasteiger partial charge in [0.25, 0.3) is 10.1 Å². The molecule has 0 radical (unpaired) electrons. The average molecular weight is 256 g/mol. The topological polar surface area (TPSA) is 69.2 Å². The normalized spacial score (nSPS) is 12.8. The minimum Gasteiger partial charge on any atom is -0.265 e. The molecule has 0 aliphatic rings. The van der Waals surface area contributed by atoms with Gasteiger partial charge in [-0.1, -0.05) is 0 Å². The summed E-state index contributed by atoms with van der Waals surface area (Å²) in [6, 6.07) is 0. The van der Waals surface area contributed by atoms with Crippen LogP contribution in [0.1, 0.15) is 11.4 Å². The molecule has 0 spiro atoms. The maximum Gasteiger partial charge on any atom is 0.451 e. The van der Waals surface area contributed by atoms with Crippen LogP contribution in [-0.4, -0.2) is 24.6 Å². The summed E-state index contributed by atoms with van der Waals surface area (Å²) >= 11 is 0. The van der Waals surface area contributed by atoms with Crippen LogP contribution < -0.4 is 0 Å². The summed E-state index contributed by atoms with van der Waals surface area (Å²) in [6.07, 6.45) is -2.06. The second-order valence-electron chi connectivity index (χ2n) is 2.88. The summed E-state index contributed by atoms with van der Waals surface area (Å²) in [7, 11) is -3.64. The summed E-state index contributed by atoms with van der Waals surface area (Å²) in [5.74, 6) is -1.28. The highest BCUT2D eigenvalue weighted by Crippen LogP contribution is 2.25. The summed E-state index contributed by atoms with van der Waals surface area (Å²) in [5, 5.41) is 0. The third kappa shape index (κ3) is 4.11. The highest BCUT2D eigenvalue weighted by Gasteiger charge is 2.34. The van der Waals surface area contributed by atoms with Gasteiger partial charge in [-0.15, -0.1) is 0 Å². The van der Waals surface area contributed by atoms with E-state index >= 15 is 0 Å². The van der Waals surface area contributed by atoms with Gasteiger partial charge in [-0.2, -0.15) is 21.6 Å². The van der Waals surface area contributed by atoms with Gasteiger partial charge in [0.15, 0.2) is 0 Å². The lowest BCUT2D eigenvalue weighted by molar-refractivity contribution is -0.145. The molecule has 0 aromatic carbocycles. The van der Waals surface area contributed by atoms with Gasteiger partial charge in [0.05, 0.1) is 12.9 Å². The molecule has 0 bridgehead atoms. The molecule has 9 heteroatoms. The van der Waals surface area contributed by atoms with E-state index in [2.05, 4.69) is 14.2 Å². The SMILES string of the molecule is CS(=O)(=O)OCc1cnc(C(F)(F)F)nc1. The first-order valence-electron chi connectivity index (χ1n) is 3.91. The first-order chi connectivity index (χ1) is 7.18. The Kier molecular flexibility index (Phi) is 3.48. The first kappa shape index (κ1) is 12.8. The van der Waals surface area contributed by atoms with Crippen molar-refractivity contribution in [3.05, 3.63) is 23.8 Å². The van der Waals surface area contributed by atoms with Crippen LogP contribution in [0.2, 0.25) is 0 Å². The minimum atomic E-state index is -4.61. The van der Waals surface area contributed by atoms with Crippen molar-refractivity contribution in [3.63, 3.8) is 0 Å². The molecule has 0 amide bonds. The fourth-order valence-corrected chi connectivity index (χ4v) is 1.10. The lowest BCUT2D eigenvalue weighted by Crippen LogP contribution is -2.11. The number of nitrogens with zero attached hydrogens (tertiary/aromatic N) is 2. The standard InChI is InChI=1S/C7H7F3N2O3S/c1-16(13,14)15-4-5-2-11-6(12-3-5)7(8,9)10/h2-3H,4H2,1H3. The Morgan fingerprint density at radius 3 is 2.19 bits per heavy atom. The molecular weight excluding hydrogens is 249 g/mol. The van der Waals surface area contributed by atoms with Crippen molar-refractivity contribution in [2.45, 2.75) is 12.8 Å². The largest absolute Gasteiger partial charge is 0.451 e. The monoisotopic (exact) mass is 256 g/mol. The molecule has 0 N–H and O–H groups in total. The number of halogens is 3. The molecule has 0 aliphatic heterocycles. The molecule has 0 aliphatic carbocycles. The molecule has 0 atom stereocenters. The average Bonchev–Trinajstić information content (AvgIpc) is 2.13. The van der Waals surface area contributed by atoms with Crippen molar-refractivity contribution in [2.75, 3.05) is 6.26 Å². The summed E-state index contributed by atoms with van der Waals surface area (Å²) < 4.78 is 61.7. The van der Waals surface area contributed by atoms with Crippen LogP contribution in [0.3, 0.4) is 0 Å². The Balaban J connectivity index is 2.73. The molecule has 5 nitrogen and oxygen atoms in total. The van der Waals surface area contributed by atoms with Crippen LogP contribution in [0.4, 0.5) is 13.2 Å². The summed E-state index contributed by atoms with van der Waals surface area (Å²) in [4.78, 5) is 6.08. The van der Waals surface area contributed by atoms with Gasteiger partial charge in [-0.3, -0.25) is 4.18 Å². The van der Waals surface area contributed by atoms with Crippen molar-refractivity contribution in [3.8, 4) is 0 Å². The van der Waals surface area contributed by atoms with Crippen LogP contribution in [0, 0.1) is 0 Å². The lowest BCUT2D eigenvalue weighted by atomic mass is 10.4. The zero-order chi connectivity index (χ0) is 12.4. The lowest BCUT2D eigenvalue weighted by Gasteiger charge is -2.05. The second kappa shape index (κ2) is 4.34. The molecule has 16 heavy (non-hydrogen) atoms. The second-order valence-corrected chi connectivity index (χ2v) is 4.52. The first-order valence-corrected chi connectivity index (χ1v) is 5.72. The zero-order valence-corrected chi connectivity index (χ0v) is 8.84. The Bertz CT molecular complexity index is 455. The number of alkyl halides is 3.